The predicted molar refractivity (Wildman–Crippen MR) is 125 cm³/mol. The Morgan fingerprint density at radius 1 is 1.10 bits per heavy atom. The molecule has 0 amide bonds. The number of hydrogen-bond acceptors (Lipinski definition) is 6. The van der Waals surface area contributed by atoms with Crippen molar-refractivity contribution in [3.05, 3.63) is 59.2 Å². The molecule has 0 aliphatic rings. The van der Waals surface area contributed by atoms with Crippen molar-refractivity contribution in [2.24, 2.45) is 5.92 Å². The van der Waals surface area contributed by atoms with Crippen LogP contribution in [0.3, 0.4) is 0 Å². The fourth-order valence-electron chi connectivity index (χ4n) is 3.63. The van der Waals surface area contributed by atoms with E-state index < -0.39 is 5.60 Å². The molecule has 0 spiro atoms. The Hall–Kier alpha value is -2.57. The quantitative estimate of drug-likeness (QED) is 0.426. The lowest BCUT2D eigenvalue weighted by Gasteiger charge is -2.18. The molecule has 2 N–H and O–H groups in total. The number of thiophene rings is 1. The minimum atomic E-state index is -0.830. The Balaban J connectivity index is 1.64. The molecule has 4 aromatic rings. The summed E-state index contributed by atoms with van der Waals surface area (Å²) in [5, 5.41) is 15.9. The summed E-state index contributed by atoms with van der Waals surface area (Å²) in [4.78, 5) is 15.2. The number of pyridine rings is 1. The molecule has 0 aliphatic heterocycles. The number of anilines is 1. The van der Waals surface area contributed by atoms with E-state index in [2.05, 4.69) is 37.1 Å². The van der Waals surface area contributed by atoms with Crippen LogP contribution in [0.5, 0.6) is 0 Å². The van der Waals surface area contributed by atoms with Crippen LogP contribution >= 0.6 is 11.3 Å². The molecule has 0 radical (unpaired) electrons. The molecule has 4 rings (SSSR count). The largest absolute Gasteiger partial charge is 0.386 e. The second-order valence-electron chi connectivity index (χ2n) is 8.75. The van der Waals surface area contributed by atoms with Gasteiger partial charge in [0, 0.05) is 29.9 Å². The summed E-state index contributed by atoms with van der Waals surface area (Å²) in [6.07, 6.45) is 2.73. The van der Waals surface area contributed by atoms with Crippen molar-refractivity contribution in [3.63, 3.8) is 0 Å². The molecule has 3 heterocycles. The highest BCUT2D eigenvalue weighted by molar-refractivity contribution is 7.26. The van der Waals surface area contributed by atoms with Gasteiger partial charge in [0.05, 0.1) is 16.0 Å². The summed E-state index contributed by atoms with van der Waals surface area (Å²) in [7, 11) is 0. The van der Waals surface area contributed by atoms with Crippen LogP contribution in [-0.2, 0) is 18.6 Å². The van der Waals surface area contributed by atoms with Crippen molar-refractivity contribution in [2.45, 2.75) is 53.2 Å². The summed E-state index contributed by atoms with van der Waals surface area (Å²) in [6, 6.07) is 10.1. The third-order valence-electron chi connectivity index (χ3n) is 5.19. The van der Waals surface area contributed by atoms with Crippen LogP contribution in [0, 0.1) is 12.8 Å². The maximum Gasteiger partial charge on any atom is 0.144 e. The molecule has 0 aliphatic carbocycles. The van der Waals surface area contributed by atoms with Gasteiger partial charge in [-0.2, -0.15) is 0 Å². The molecule has 0 saturated heterocycles. The summed E-state index contributed by atoms with van der Waals surface area (Å²) in [5.41, 5.74) is 2.24. The van der Waals surface area contributed by atoms with Crippen LogP contribution in [-0.4, -0.2) is 20.1 Å². The molecule has 6 heteroatoms. The van der Waals surface area contributed by atoms with Crippen molar-refractivity contribution in [2.75, 3.05) is 5.32 Å². The molecule has 5 nitrogen and oxygen atoms in total. The smallest absolute Gasteiger partial charge is 0.144 e. The van der Waals surface area contributed by atoms with E-state index in [4.69, 9.17) is 9.97 Å². The highest BCUT2D eigenvalue weighted by atomic mass is 32.1. The predicted octanol–water partition coefficient (Wildman–Crippen LogP) is 5.59. The van der Waals surface area contributed by atoms with Crippen molar-refractivity contribution >= 4 is 37.5 Å². The molecule has 0 fully saturated rings. The van der Waals surface area contributed by atoms with E-state index in [1.54, 1.807) is 25.2 Å². The normalized spacial score (nSPS) is 12.2. The molecule has 1 aromatic carbocycles. The van der Waals surface area contributed by atoms with Gasteiger partial charge >= 0.3 is 0 Å². The Kier molecular flexibility index (Phi) is 5.47. The van der Waals surface area contributed by atoms with E-state index in [1.807, 2.05) is 30.5 Å². The van der Waals surface area contributed by atoms with E-state index in [1.165, 1.54) is 0 Å². The van der Waals surface area contributed by atoms with Crippen molar-refractivity contribution in [1.29, 1.82) is 0 Å². The SMILES string of the molecule is Cc1nc(CC(C)C)nc2sc3c(NCc4ccc(C(C)(C)O)cc4)nccc3c12. The fraction of sp³-hybridized carbons (Fsp3) is 0.375. The van der Waals surface area contributed by atoms with E-state index in [0.717, 1.165) is 55.2 Å². The zero-order chi connectivity index (χ0) is 21.5. The molecular formula is C24H28N4OS. The number of hydrogen-bond donors (Lipinski definition) is 2. The molecule has 156 valence electrons. The number of aliphatic hydroxyl groups is 1. The van der Waals surface area contributed by atoms with Crippen molar-refractivity contribution in [3.8, 4) is 0 Å². The van der Waals surface area contributed by atoms with Crippen LogP contribution < -0.4 is 5.32 Å². The second-order valence-corrected chi connectivity index (χ2v) is 9.75. The number of fused-ring (bicyclic) bond motifs is 3. The maximum atomic E-state index is 10.1. The lowest BCUT2D eigenvalue weighted by atomic mass is 9.97. The van der Waals surface area contributed by atoms with E-state index in [9.17, 15) is 5.11 Å². The van der Waals surface area contributed by atoms with Gasteiger partial charge in [-0.15, -0.1) is 11.3 Å². The summed E-state index contributed by atoms with van der Waals surface area (Å²) in [5.74, 6) is 2.31. The number of aryl methyl sites for hydroxylation is 1. The number of nitrogens with zero attached hydrogens (tertiary/aromatic N) is 3. The topological polar surface area (TPSA) is 70.9 Å². The van der Waals surface area contributed by atoms with Gasteiger partial charge in [-0.3, -0.25) is 0 Å². The second kappa shape index (κ2) is 7.93. The zero-order valence-electron chi connectivity index (χ0n) is 18.2. The average molecular weight is 421 g/mol. The molecule has 0 saturated carbocycles. The fourth-order valence-corrected chi connectivity index (χ4v) is 4.84. The number of aromatic nitrogens is 3. The zero-order valence-corrected chi connectivity index (χ0v) is 19.0. The van der Waals surface area contributed by atoms with Crippen LogP contribution in [0.1, 0.15) is 50.3 Å². The maximum absolute atomic E-state index is 10.1. The minimum Gasteiger partial charge on any atom is -0.386 e. The van der Waals surface area contributed by atoms with Gasteiger partial charge in [0.1, 0.15) is 16.5 Å². The highest BCUT2D eigenvalue weighted by Gasteiger charge is 2.17. The van der Waals surface area contributed by atoms with Gasteiger partial charge < -0.3 is 10.4 Å². The Labute approximate surface area is 181 Å². The van der Waals surface area contributed by atoms with Crippen LogP contribution in [0.2, 0.25) is 0 Å². The van der Waals surface area contributed by atoms with Crippen molar-refractivity contribution < 1.29 is 5.11 Å². The van der Waals surface area contributed by atoms with Gasteiger partial charge in [-0.25, -0.2) is 15.0 Å². The monoisotopic (exact) mass is 420 g/mol. The van der Waals surface area contributed by atoms with Crippen molar-refractivity contribution in [1.82, 2.24) is 15.0 Å². The summed E-state index contributed by atoms with van der Waals surface area (Å²) < 4.78 is 1.11. The van der Waals surface area contributed by atoms with E-state index in [0.29, 0.717) is 12.5 Å². The Morgan fingerprint density at radius 3 is 2.50 bits per heavy atom. The molecule has 3 aromatic heterocycles. The summed E-state index contributed by atoms with van der Waals surface area (Å²) in [6.45, 7) is 10.7. The van der Waals surface area contributed by atoms with Crippen LogP contribution in [0.4, 0.5) is 5.82 Å². The van der Waals surface area contributed by atoms with Gasteiger partial charge in [0.25, 0.3) is 0 Å². The van der Waals surface area contributed by atoms with Crippen LogP contribution in [0.15, 0.2) is 36.5 Å². The Morgan fingerprint density at radius 2 is 1.83 bits per heavy atom. The first-order chi connectivity index (χ1) is 14.2. The minimum absolute atomic E-state index is 0.526. The highest BCUT2D eigenvalue weighted by Crippen LogP contribution is 2.37. The van der Waals surface area contributed by atoms with Gasteiger partial charge in [-0.05, 0) is 43.9 Å². The molecule has 0 bridgehead atoms. The summed E-state index contributed by atoms with van der Waals surface area (Å²) >= 11 is 1.68. The molecule has 0 unspecified atom stereocenters. The average Bonchev–Trinajstić information content (AvgIpc) is 3.05. The lowest BCUT2D eigenvalue weighted by Crippen LogP contribution is -2.15. The van der Waals surface area contributed by atoms with Gasteiger partial charge in [0.2, 0.25) is 0 Å². The number of nitrogens with one attached hydrogen (secondary N) is 1. The molecular weight excluding hydrogens is 392 g/mol. The first-order valence-electron chi connectivity index (χ1n) is 10.3. The number of rotatable bonds is 6. The molecule has 0 atom stereocenters. The van der Waals surface area contributed by atoms with Gasteiger partial charge in [0.15, 0.2) is 0 Å². The molecule has 30 heavy (non-hydrogen) atoms. The first kappa shape index (κ1) is 20.7. The first-order valence-corrected chi connectivity index (χ1v) is 11.1. The Bertz CT molecular complexity index is 1190. The van der Waals surface area contributed by atoms with E-state index >= 15 is 0 Å². The van der Waals surface area contributed by atoms with Gasteiger partial charge in [-0.1, -0.05) is 38.1 Å². The van der Waals surface area contributed by atoms with Crippen LogP contribution in [0.25, 0.3) is 20.3 Å². The third kappa shape index (κ3) is 4.16. The lowest BCUT2D eigenvalue weighted by molar-refractivity contribution is 0.0786. The third-order valence-corrected chi connectivity index (χ3v) is 6.29. The number of benzene rings is 1. The standard InChI is InChI=1S/C24H28N4OS/c1-14(2)12-19-27-15(3)20-18-10-11-25-22(21(18)30-23(20)28-19)26-13-16-6-8-17(9-7-16)24(4,5)29/h6-11,14,29H,12-13H2,1-5H3,(H,25,26). The van der Waals surface area contributed by atoms with E-state index in [-0.39, 0.29) is 0 Å².